The van der Waals surface area contributed by atoms with Crippen molar-refractivity contribution >= 4 is 7.14 Å². The third-order valence-electron chi connectivity index (χ3n) is 3.61. The highest BCUT2D eigenvalue weighted by molar-refractivity contribution is 7.64. The molecule has 0 bridgehead atoms. The minimum Gasteiger partial charge on any atom is -0.389 e. The van der Waals surface area contributed by atoms with Gasteiger partial charge in [-0.3, -0.25) is 0 Å². The number of hydrogen-bond acceptors (Lipinski definition) is 2. The molecule has 2 nitrogen and oxygen atoms in total. The van der Waals surface area contributed by atoms with Gasteiger partial charge in [0.25, 0.3) is 0 Å². The molecule has 0 unspecified atom stereocenters. The summed E-state index contributed by atoms with van der Waals surface area (Å²) in [6, 6.07) is 0. The molecule has 12 heavy (non-hydrogen) atoms. The van der Waals surface area contributed by atoms with Crippen molar-refractivity contribution in [2.45, 2.75) is 43.4 Å². The van der Waals surface area contributed by atoms with Crippen LogP contribution in [0.15, 0.2) is 0 Å². The smallest absolute Gasteiger partial charge is 0.0906 e. The van der Waals surface area contributed by atoms with Crippen LogP contribution in [-0.2, 0) is 4.57 Å². The molecule has 0 spiro atoms. The van der Waals surface area contributed by atoms with E-state index in [1.807, 2.05) is 6.66 Å². The second kappa shape index (κ2) is 2.59. The summed E-state index contributed by atoms with van der Waals surface area (Å²) in [6.45, 7) is 1.88. The molecule has 1 N–H and O–H groups in total. The Bertz CT molecular complexity index is 239. The van der Waals surface area contributed by atoms with Crippen LogP contribution in [0.5, 0.6) is 0 Å². The summed E-state index contributed by atoms with van der Waals surface area (Å²) in [5.74, 6) is 0. The monoisotopic (exact) mass is 188 g/mol. The van der Waals surface area contributed by atoms with E-state index in [4.69, 9.17) is 0 Å². The van der Waals surface area contributed by atoms with E-state index in [2.05, 4.69) is 0 Å². The third kappa shape index (κ3) is 1.16. The molecule has 0 amide bonds. The average molecular weight is 188 g/mol. The Kier molecular flexibility index (Phi) is 1.89. The van der Waals surface area contributed by atoms with Crippen LogP contribution >= 0.6 is 7.14 Å². The van der Waals surface area contributed by atoms with Crippen molar-refractivity contribution in [3.05, 3.63) is 0 Å². The summed E-state index contributed by atoms with van der Waals surface area (Å²) in [5, 5.41) is 10.2. The first-order valence-electron chi connectivity index (χ1n) is 4.83. The van der Waals surface area contributed by atoms with Gasteiger partial charge in [-0.05, 0) is 25.9 Å². The van der Waals surface area contributed by atoms with Gasteiger partial charge < -0.3 is 9.67 Å². The SMILES string of the molecule is C[P@]1(=O)CC[C@@]2(O)CCCC[C@H]21. The second-order valence-electron chi connectivity index (χ2n) is 4.51. The van der Waals surface area contributed by atoms with Gasteiger partial charge >= 0.3 is 0 Å². The highest BCUT2D eigenvalue weighted by Gasteiger charge is 2.52. The van der Waals surface area contributed by atoms with Gasteiger partial charge in [0.05, 0.1) is 12.7 Å². The fourth-order valence-electron chi connectivity index (χ4n) is 2.85. The zero-order valence-electron chi connectivity index (χ0n) is 7.62. The Labute approximate surface area is 73.7 Å². The predicted molar refractivity (Wildman–Crippen MR) is 50.2 cm³/mol. The molecule has 1 saturated heterocycles. The maximum Gasteiger partial charge on any atom is 0.0906 e. The Morgan fingerprint density at radius 2 is 2.17 bits per heavy atom. The van der Waals surface area contributed by atoms with Crippen LogP contribution in [0.2, 0.25) is 0 Å². The normalized spacial score (nSPS) is 53.7. The molecule has 1 aliphatic heterocycles. The van der Waals surface area contributed by atoms with Crippen molar-refractivity contribution in [2.75, 3.05) is 12.8 Å². The van der Waals surface area contributed by atoms with E-state index in [1.54, 1.807) is 0 Å². The van der Waals surface area contributed by atoms with E-state index >= 15 is 0 Å². The molecule has 0 aromatic carbocycles. The lowest BCUT2D eigenvalue weighted by Crippen LogP contribution is -2.39. The molecule has 0 aromatic heterocycles. The molecule has 2 aliphatic rings. The van der Waals surface area contributed by atoms with E-state index in [9.17, 15) is 9.67 Å². The minimum absolute atomic E-state index is 0.138. The molecule has 70 valence electrons. The Morgan fingerprint density at radius 3 is 2.83 bits per heavy atom. The molecular weight excluding hydrogens is 171 g/mol. The minimum atomic E-state index is -1.99. The van der Waals surface area contributed by atoms with E-state index < -0.39 is 12.7 Å². The predicted octanol–water partition coefficient (Wildman–Crippen LogP) is 2.06. The summed E-state index contributed by atoms with van der Waals surface area (Å²) in [5.41, 5.74) is -0.401. The van der Waals surface area contributed by atoms with Crippen molar-refractivity contribution < 1.29 is 9.67 Å². The lowest BCUT2D eigenvalue weighted by Gasteiger charge is -2.35. The van der Waals surface area contributed by atoms with E-state index in [0.29, 0.717) is 0 Å². The molecule has 1 aliphatic carbocycles. The molecule has 1 saturated carbocycles. The Balaban J connectivity index is 2.28. The number of rotatable bonds is 0. The first-order chi connectivity index (χ1) is 5.55. The highest BCUT2D eigenvalue weighted by Crippen LogP contribution is 2.62. The van der Waals surface area contributed by atoms with Crippen molar-refractivity contribution in [3.63, 3.8) is 0 Å². The second-order valence-corrected chi connectivity index (χ2v) is 7.93. The zero-order valence-corrected chi connectivity index (χ0v) is 8.52. The summed E-state index contributed by atoms with van der Waals surface area (Å²) in [4.78, 5) is 0. The van der Waals surface area contributed by atoms with Gasteiger partial charge in [-0.1, -0.05) is 12.8 Å². The summed E-state index contributed by atoms with van der Waals surface area (Å²) in [6.07, 6.45) is 5.71. The number of aliphatic hydroxyl groups is 1. The quantitative estimate of drug-likeness (QED) is 0.591. The van der Waals surface area contributed by atoms with Gasteiger partial charge in [0, 0.05) is 11.8 Å². The van der Waals surface area contributed by atoms with E-state index in [1.165, 1.54) is 0 Å². The van der Waals surface area contributed by atoms with Crippen LogP contribution in [-0.4, -0.2) is 29.2 Å². The maximum absolute atomic E-state index is 12.0. The van der Waals surface area contributed by atoms with Crippen LogP contribution in [0.1, 0.15) is 32.1 Å². The lowest BCUT2D eigenvalue weighted by molar-refractivity contribution is 0.0138. The summed E-state index contributed by atoms with van der Waals surface area (Å²) in [7, 11) is -1.99. The van der Waals surface area contributed by atoms with Crippen molar-refractivity contribution in [1.29, 1.82) is 0 Å². The van der Waals surface area contributed by atoms with Crippen molar-refractivity contribution in [1.82, 2.24) is 0 Å². The van der Waals surface area contributed by atoms with E-state index in [-0.39, 0.29) is 5.66 Å². The number of hydrogen-bond donors (Lipinski definition) is 1. The van der Waals surface area contributed by atoms with Crippen LogP contribution < -0.4 is 0 Å². The molecule has 2 rings (SSSR count). The standard InChI is InChI=1S/C9H17O2P/c1-12(11)7-6-9(10)5-3-2-4-8(9)12/h8,10H,2-7H2,1H3/t8-,9+,12+/m1/s1. The molecule has 0 aromatic rings. The van der Waals surface area contributed by atoms with Crippen molar-refractivity contribution in [3.8, 4) is 0 Å². The van der Waals surface area contributed by atoms with Crippen molar-refractivity contribution in [2.24, 2.45) is 0 Å². The molecule has 3 heteroatoms. The molecule has 3 atom stereocenters. The van der Waals surface area contributed by atoms with Gasteiger partial charge in [-0.2, -0.15) is 0 Å². The third-order valence-corrected chi connectivity index (χ3v) is 6.77. The lowest BCUT2D eigenvalue weighted by atomic mass is 9.83. The topological polar surface area (TPSA) is 37.3 Å². The van der Waals surface area contributed by atoms with Gasteiger partial charge in [-0.15, -0.1) is 0 Å². The van der Waals surface area contributed by atoms with Crippen LogP contribution in [0.4, 0.5) is 0 Å². The van der Waals surface area contributed by atoms with Crippen LogP contribution in [0, 0.1) is 0 Å². The van der Waals surface area contributed by atoms with E-state index in [0.717, 1.165) is 38.3 Å². The average Bonchev–Trinajstić information content (AvgIpc) is 2.24. The van der Waals surface area contributed by atoms with Gasteiger partial charge in [0.2, 0.25) is 0 Å². The zero-order chi connectivity index (χ0) is 8.82. The summed E-state index contributed by atoms with van der Waals surface area (Å²) < 4.78 is 12.0. The highest BCUT2D eigenvalue weighted by atomic mass is 31.2. The fourth-order valence-corrected chi connectivity index (χ4v) is 6.00. The van der Waals surface area contributed by atoms with Crippen LogP contribution in [0.3, 0.4) is 0 Å². The Hall–Kier alpha value is 0.190. The largest absolute Gasteiger partial charge is 0.389 e. The first-order valence-corrected chi connectivity index (χ1v) is 7.24. The Morgan fingerprint density at radius 1 is 1.42 bits per heavy atom. The fraction of sp³-hybridized carbons (Fsp3) is 1.00. The number of fused-ring (bicyclic) bond motifs is 1. The molecular formula is C9H17O2P. The maximum atomic E-state index is 12.0. The van der Waals surface area contributed by atoms with Crippen LogP contribution in [0.25, 0.3) is 0 Å². The van der Waals surface area contributed by atoms with Gasteiger partial charge in [0.15, 0.2) is 0 Å². The molecule has 2 fully saturated rings. The van der Waals surface area contributed by atoms with Gasteiger partial charge in [0.1, 0.15) is 0 Å². The first kappa shape index (κ1) is 8.77. The van der Waals surface area contributed by atoms with Gasteiger partial charge in [-0.25, -0.2) is 0 Å². The molecule has 1 heterocycles. The molecule has 0 radical (unpaired) electrons. The summed E-state index contributed by atoms with van der Waals surface area (Å²) >= 11 is 0.